The van der Waals surface area contributed by atoms with Gasteiger partial charge in [-0.1, -0.05) is 18.2 Å². The van der Waals surface area contributed by atoms with Crippen molar-refractivity contribution in [3.63, 3.8) is 0 Å². The first-order valence-corrected chi connectivity index (χ1v) is 9.48. The van der Waals surface area contributed by atoms with E-state index in [0.717, 1.165) is 58.5 Å². The summed E-state index contributed by atoms with van der Waals surface area (Å²) in [6.07, 6.45) is 3.07. The average molecular weight is 329 g/mol. The average Bonchev–Trinajstić information content (AvgIpc) is 2.88. The van der Waals surface area contributed by atoms with Crippen LogP contribution in [0.4, 0.5) is 5.69 Å². The Kier molecular flexibility index (Phi) is 5.77. The fourth-order valence-corrected chi connectivity index (χ4v) is 3.96. The quantitative estimate of drug-likeness (QED) is 0.853. The molecule has 1 aromatic rings. The second kappa shape index (κ2) is 8.02. The van der Waals surface area contributed by atoms with E-state index < -0.39 is 0 Å². The van der Waals surface area contributed by atoms with Gasteiger partial charge in [0.25, 0.3) is 0 Å². The topological polar surface area (TPSA) is 26.8 Å². The van der Waals surface area contributed by atoms with Gasteiger partial charge in [-0.05, 0) is 45.2 Å². The molecule has 0 aliphatic carbocycles. The molecule has 0 saturated carbocycles. The molecule has 4 heteroatoms. The molecule has 0 unspecified atom stereocenters. The number of carbonyl (C=O) groups excluding carboxylic acids is 1. The van der Waals surface area contributed by atoms with Crippen LogP contribution in [-0.4, -0.2) is 61.0 Å². The van der Waals surface area contributed by atoms with Gasteiger partial charge in [0.05, 0.1) is 0 Å². The molecule has 0 bridgehead atoms. The molecule has 0 aromatic heterocycles. The molecule has 2 saturated heterocycles. The molecule has 1 aromatic carbocycles. The van der Waals surface area contributed by atoms with Gasteiger partial charge in [0.15, 0.2) is 0 Å². The lowest BCUT2D eigenvalue weighted by Gasteiger charge is -2.35. The van der Waals surface area contributed by atoms with Crippen molar-refractivity contribution in [1.29, 1.82) is 0 Å². The maximum Gasteiger partial charge on any atom is 0.225 e. The monoisotopic (exact) mass is 329 g/mol. The third kappa shape index (κ3) is 4.10. The van der Waals surface area contributed by atoms with Crippen LogP contribution in [0.5, 0.6) is 0 Å². The Morgan fingerprint density at radius 1 is 0.958 bits per heavy atom. The molecular formula is C20H31N3O. The van der Waals surface area contributed by atoms with Gasteiger partial charge in [-0.3, -0.25) is 9.69 Å². The standard InChI is InChI=1S/C20H31N3O/c1-17(2)21-11-6-12-23(16-15-21)20(24)18-9-13-22(14-10-18)19-7-4-3-5-8-19/h3-5,7-8,17-18H,6,9-16H2,1-2H3. The van der Waals surface area contributed by atoms with E-state index in [9.17, 15) is 4.79 Å². The zero-order valence-corrected chi connectivity index (χ0v) is 15.2. The van der Waals surface area contributed by atoms with E-state index in [0.29, 0.717) is 11.9 Å². The molecule has 0 atom stereocenters. The molecule has 0 spiro atoms. The molecule has 0 radical (unpaired) electrons. The van der Waals surface area contributed by atoms with E-state index in [1.54, 1.807) is 0 Å². The lowest BCUT2D eigenvalue weighted by atomic mass is 9.94. The minimum absolute atomic E-state index is 0.218. The first-order chi connectivity index (χ1) is 11.6. The number of hydrogen-bond acceptors (Lipinski definition) is 3. The van der Waals surface area contributed by atoms with E-state index in [2.05, 4.69) is 58.9 Å². The van der Waals surface area contributed by atoms with Crippen LogP contribution in [0.25, 0.3) is 0 Å². The SMILES string of the molecule is CC(C)N1CCCN(C(=O)C2CCN(c3ccccc3)CC2)CC1. The predicted molar refractivity (Wildman–Crippen MR) is 99.3 cm³/mol. The van der Waals surface area contributed by atoms with Gasteiger partial charge in [-0.2, -0.15) is 0 Å². The Morgan fingerprint density at radius 3 is 2.33 bits per heavy atom. The summed E-state index contributed by atoms with van der Waals surface area (Å²) in [6.45, 7) is 10.4. The third-order valence-electron chi connectivity index (χ3n) is 5.54. The van der Waals surface area contributed by atoms with Crippen molar-refractivity contribution in [1.82, 2.24) is 9.80 Å². The minimum atomic E-state index is 0.218. The molecule has 2 aliphatic heterocycles. The summed E-state index contributed by atoms with van der Waals surface area (Å²) in [6, 6.07) is 11.1. The Labute approximate surface area is 146 Å². The van der Waals surface area contributed by atoms with Crippen molar-refractivity contribution in [3.05, 3.63) is 30.3 Å². The van der Waals surface area contributed by atoms with E-state index >= 15 is 0 Å². The van der Waals surface area contributed by atoms with Crippen molar-refractivity contribution in [2.75, 3.05) is 44.2 Å². The third-order valence-corrected chi connectivity index (χ3v) is 5.54. The van der Waals surface area contributed by atoms with Crippen molar-refractivity contribution < 1.29 is 4.79 Å². The molecule has 2 heterocycles. The fraction of sp³-hybridized carbons (Fsp3) is 0.650. The summed E-state index contributed by atoms with van der Waals surface area (Å²) in [4.78, 5) is 19.9. The molecule has 132 valence electrons. The molecule has 1 amide bonds. The van der Waals surface area contributed by atoms with Gasteiger partial charge >= 0.3 is 0 Å². The highest BCUT2D eigenvalue weighted by Crippen LogP contribution is 2.25. The zero-order valence-electron chi connectivity index (χ0n) is 15.2. The minimum Gasteiger partial charge on any atom is -0.371 e. The van der Waals surface area contributed by atoms with Gasteiger partial charge in [-0.25, -0.2) is 0 Å². The Balaban J connectivity index is 1.52. The number of carbonyl (C=O) groups is 1. The summed E-state index contributed by atoms with van der Waals surface area (Å²) in [5.74, 6) is 0.615. The second-order valence-corrected chi connectivity index (χ2v) is 7.41. The van der Waals surface area contributed by atoms with E-state index in [4.69, 9.17) is 0 Å². The molecule has 3 rings (SSSR count). The maximum absolute atomic E-state index is 12.9. The molecular weight excluding hydrogens is 298 g/mol. The van der Waals surface area contributed by atoms with Crippen LogP contribution < -0.4 is 4.90 Å². The summed E-state index contributed by atoms with van der Waals surface area (Å²) >= 11 is 0. The number of piperidine rings is 1. The number of amides is 1. The normalized spacial score (nSPS) is 21.1. The molecule has 24 heavy (non-hydrogen) atoms. The first kappa shape index (κ1) is 17.3. The number of nitrogens with zero attached hydrogens (tertiary/aromatic N) is 3. The number of benzene rings is 1. The van der Waals surface area contributed by atoms with Gasteiger partial charge in [-0.15, -0.1) is 0 Å². The summed E-state index contributed by atoms with van der Waals surface area (Å²) in [7, 11) is 0. The van der Waals surface area contributed by atoms with E-state index in [1.165, 1.54) is 5.69 Å². The smallest absolute Gasteiger partial charge is 0.225 e. The van der Waals surface area contributed by atoms with Crippen molar-refractivity contribution in [2.45, 2.75) is 39.2 Å². The second-order valence-electron chi connectivity index (χ2n) is 7.41. The van der Waals surface area contributed by atoms with E-state index in [-0.39, 0.29) is 5.92 Å². The van der Waals surface area contributed by atoms with Gasteiger partial charge < -0.3 is 9.80 Å². The lowest BCUT2D eigenvalue weighted by Crippen LogP contribution is -2.44. The Bertz CT molecular complexity index is 523. The highest BCUT2D eigenvalue weighted by atomic mass is 16.2. The van der Waals surface area contributed by atoms with Crippen molar-refractivity contribution >= 4 is 11.6 Å². The van der Waals surface area contributed by atoms with Crippen LogP contribution in [0, 0.1) is 5.92 Å². The molecule has 0 N–H and O–H groups in total. The van der Waals surface area contributed by atoms with Gasteiger partial charge in [0, 0.05) is 56.9 Å². The van der Waals surface area contributed by atoms with Gasteiger partial charge in [0.2, 0.25) is 5.91 Å². The number of rotatable bonds is 3. The van der Waals surface area contributed by atoms with Crippen LogP contribution in [0.15, 0.2) is 30.3 Å². The summed E-state index contributed by atoms with van der Waals surface area (Å²) in [5, 5.41) is 0. The highest BCUT2D eigenvalue weighted by molar-refractivity contribution is 5.79. The summed E-state index contributed by atoms with van der Waals surface area (Å²) < 4.78 is 0. The van der Waals surface area contributed by atoms with Crippen LogP contribution >= 0.6 is 0 Å². The zero-order chi connectivity index (χ0) is 16.9. The van der Waals surface area contributed by atoms with Crippen molar-refractivity contribution in [2.24, 2.45) is 5.92 Å². The predicted octanol–water partition coefficient (Wildman–Crippen LogP) is 2.85. The molecule has 2 aliphatic rings. The number of hydrogen-bond donors (Lipinski definition) is 0. The highest BCUT2D eigenvalue weighted by Gasteiger charge is 2.29. The largest absolute Gasteiger partial charge is 0.371 e. The van der Waals surface area contributed by atoms with Crippen molar-refractivity contribution in [3.8, 4) is 0 Å². The Morgan fingerprint density at radius 2 is 1.67 bits per heavy atom. The van der Waals surface area contributed by atoms with E-state index in [1.807, 2.05) is 0 Å². The van der Waals surface area contributed by atoms with Crippen LogP contribution in [-0.2, 0) is 4.79 Å². The van der Waals surface area contributed by atoms with Crippen LogP contribution in [0.1, 0.15) is 33.1 Å². The Hall–Kier alpha value is -1.55. The lowest BCUT2D eigenvalue weighted by molar-refractivity contribution is -0.136. The molecule has 2 fully saturated rings. The molecule has 4 nitrogen and oxygen atoms in total. The maximum atomic E-state index is 12.9. The summed E-state index contributed by atoms with van der Waals surface area (Å²) in [5.41, 5.74) is 1.28. The number of para-hydroxylation sites is 1. The van der Waals surface area contributed by atoms with Crippen LogP contribution in [0.3, 0.4) is 0 Å². The van der Waals surface area contributed by atoms with Crippen LogP contribution in [0.2, 0.25) is 0 Å². The van der Waals surface area contributed by atoms with Gasteiger partial charge in [0.1, 0.15) is 0 Å². The first-order valence-electron chi connectivity index (χ1n) is 9.48. The number of anilines is 1. The fourth-order valence-electron chi connectivity index (χ4n) is 3.96.